The lowest BCUT2D eigenvalue weighted by molar-refractivity contribution is -0.138. The summed E-state index contributed by atoms with van der Waals surface area (Å²) in [6.45, 7) is 2.27. The predicted molar refractivity (Wildman–Crippen MR) is 121 cm³/mol. The molecule has 1 aliphatic rings. The summed E-state index contributed by atoms with van der Waals surface area (Å²) in [5, 5.41) is 10.9. The lowest BCUT2D eigenvalue weighted by atomic mass is 9.92. The number of rotatable bonds is 5. The van der Waals surface area contributed by atoms with Crippen LogP contribution in [0.4, 0.5) is 19.0 Å². The normalized spacial score (nSPS) is 19.6. The number of hydrogen-bond donors (Lipinski definition) is 2. The van der Waals surface area contributed by atoms with E-state index in [9.17, 15) is 18.3 Å². The summed E-state index contributed by atoms with van der Waals surface area (Å²) < 4.78 is 51.6. The van der Waals surface area contributed by atoms with Crippen molar-refractivity contribution in [2.45, 2.75) is 37.6 Å². The van der Waals surface area contributed by atoms with Gasteiger partial charge in [-0.1, -0.05) is 17.7 Å². The van der Waals surface area contributed by atoms with E-state index in [2.05, 4.69) is 9.97 Å². The Hall–Kier alpha value is -2.88. The molecule has 2 unspecified atom stereocenters. The van der Waals surface area contributed by atoms with Gasteiger partial charge in [0.1, 0.15) is 11.7 Å². The molecule has 4 rings (SSSR count). The van der Waals surface area contributed by atoms with Gasteiger partial charge in [-0.05, 0) is 50.1 Å². The lowest BCUT2D eigenvalue weighted by Crippen LogP contribution is -2.36. The Kier molecular flexibility index (Phi) is 6.71. The summed E-state index contributed by atoms with van der Waals surface area (Å²) in [4.78, 5) is 8.51. The van der Waals surface area contributed by atoms with Crippen molar-refractivity contribution in [2.75, 3.05) is 18.9 Å². The number of anilines is 1. The first-order chi connectivity index (χ1) is 16.1. The number of nitrogens with two attached hydrogens (primary N) is 1. The van der Waals surface area contributed by atoms with Crippen molar-refractivity contribution >= 4 is 17.4 Å². The van der Waals surface area contributed by atoms with Gasteiger partial charge in [-0.3, -0.25) is 4.98 Å². The molecule has 180 valence electrons. The number of halogens is 4. The van der Waals surface area contributed by atoms with Gasteiger partial charge in [0.05, 0.1) is 17.9 Å². The van der Waals surface area contributed by atoms with Crippen LogP contribution in [0.3, 0.4) is 0 Å². The topological polar surface area (TPSA) is 90.5 Å². The Morgan fingerprint density at radius 1 is 1.15 bits per heavy atom. The second kappa shape index (κ2) is 9.40. The predicted octanol–water partition coefficient (Wildman–Crippen LogP) is 5.54. The molecule has 0 amide bonds. The second-order valence-electron chi connectivity index (χ2n) is 8.22. The summed E-state index contributed by atoms with van der Waals surface area (Å²) in [5.41, 5.74) is 5.64. The van der Waals surface area contributed by atoms with Crippen LogP contribution in [0.15, 0.2) is 48.8 Å². The molecule has 34 heavy (non-hydrogen) atoms. The summed E-state index contributed by atoms with van der Waals surface area (Å²) in [6, 6.07) is 8.41. The van der Waals surface area contributed by atoms with Gasteiger partial charge in [0.2, 0.25) is 0 Å². The smallest absolute Gasteiger partial charge is 0.416 e. The van der Waals surface area contributed by atoms with Crippen LogP contribution in [0.1, 0.15) is 42.7 Å². The minimum Gasteiger partial charge on any atom is -0.482 e. The third kappa shape index (κ3) is 5.11. The number of benzene rings is 1. The highest BCUT2D eigenvalue weighted by atomic mass is 35.5. The number of pyridine rings is 2. The summed E-state index contributed by atoms with van der Waals surface area (Å²) in [6.07, 6.45) is -1.17. The molecular formula is C24H23ClF3N3O3. The van der Waals surface area contributed by atoms with E-state index in [1.807, 2.05) is 0 Å². The van der Waals surface area contributed by atoms with Crippen molar-refractivity contribution < 1.29 is 27.8 Å². The Balaban J connectivity index is 1.59. The maximum Gasteiger partial charge on any atom is 0.416 e. The van der Waals surface area contributed by atoms with E-state index < -0.39 is 23.4 Å². The van der Waals surface area contributed by atoms with Crippen LogP contribution in [-0.2, 0) is 16.5 Å². The largest absolute Gasteiger partial charge is 0.482 e. The van der Waals surface area contributed by atoms with E-state index >= 15 is 0 Å². The highest BCUT2D eigenvalue weighted by molar-refractivity contribution is 6.30. The maximum absolute atomic E-state index is 13.5. The standard InChI is InChI=1S/C24H23ClF3N3O3/c1-14(18-10-17(25)4-5-19(18)24(26,27)28)34-20-9-16(12-31-22(20)29)15-3-6-21(30-11-15)23(32)7-2-8-33-13-23/h3-6,9-12,14,32H,2,7-8,13H2,1H3,(H2,29,31). The number of hydrogen-bond acceptors (Lipinski definition) is 6. The minimum absolute atomic E-state index is 0.0319. The van der Waals surface area contributed by atoms with Crippen LogP contribution in [0, 0.1) is 0 Å². The van der Waals surface area contributed by atoms with Crippen molar-refractivity contribution in [1.29, 1.82) is 0 Å². The van der Waals surface area contributed by atoms with Crippen LogP contribution in [0.25, 0.3) is 11.1 Å². The van der Waals surface area contributed by atoms with Gasteiger partial charge < -0.3 is 20.3 Å². The molecule has 2 atom stereocenters. The van der Waals surface area contributed by atoms with Gasteiger partial charge in [0.15, 0.2) is 11.6 Å². The molecule has 1 aromatic carbocycles. The van der Waals surface area contributed by atoms with E-state index in [1.54, 1.807) is 24.4 Å². The zero-order valence-electron chi connectivity index (χ0n) is 18.3. The summed E-state index contributed by atoms with van der Waals surface area (Å²) >= 11 is 5.94. The lowest BCUT2D eigenvalue weighted by Gasteiger charge is -2.31. The van der Waals surface area contributed by atoms with Crippen LogP contribution in [-0.4, -0.2) is 28.3 Å². The van der Waals surface area contributed by atoms with E-state index in [-0.39, 0.29) is 28.8 Å². The molecule has 0 aliphatic carbocycles. The molecule has 3 N–H and O–H groups in total. The van der Waals surface area contributed by atoms with Gasteiger partial charge in [-0.25, -0.2) is 4.98 Å². The third-order valence-corrected chi connectivity index (χ3v) is 5.97. The number of ether oxygens (including phenoxy) is 2. The van der Waals surface area contributed by atoms with Gasteiger partial charge in [0, 0.05) is 40.7 Å². The first-order valence-electron chi connectivity index (χ1n) is 10.6. The fourth-order valence-electron chi connectivity index (χ4n) is 3.91. The molecule has 1 aliphatic heterocycles. The molecule has 6 nitrogen and oxygen atoms in total. The van der Waals surface area contributed by atoms with Crippen LogP contribution in [0.2, 0.25) is 5.02 Å². The number of nitrogens with zero attached hydrogens (tertiary/aromatic N) is 2. The number of aromatic nitrogens is 2. The molecule has 1 saturated heterocycles. The highest BCUT2D eigenvalue weighted by Gasteiger charge is 2.35. The molecule has 0 bridgehead atoms. The molecule has 1 fully saturated rings. The molecule has 0 saturated carbocycles. The monoisotopic (exact) mass is 493 g/mol. The molecule has 2 aromatic heterocycles. The maximum atomic E-state index is 13.5. The Morgan fingerprint density at radius 2 is 1.91 bits per heavy atom. The number of aliphatic hydroxyl groups is 1. The number of nitrogen functional groups attached to an aromatic ring is 1. The van der Waals surface area contributed by atoms with Gasteiger partial charge in [0.25, 0.3) is 0 Å². The van der Waals surface area contributed by atoms with Gasteiger partial charge >= 0.3 is 6.18 Å². The first-order valence-corrected chi connectivity index (χ1v) is 11.0. The zero-order valence-corrected chi connectivity index (χ0v) is 19.0. The third-order valence-electron chi connectivity index (χ3n) is 5.74. The van der Waals surface area contributed by atoms with E-state index in [0.717, 1.165) is 12.5 Å². The first kappa shape index (κ1) is 24.3. The number of alkyl halides is 3. The fraction of sp³-hybridized carbons (Fsp3) is 0.333. The average Bonchev–Trinajstić information content (AvgIpc) is 2.80. The molecular weight excluding hydrogens is 471 g/mol. The SMILES string of the molecule is CC(Oc1cc(-c2ccc(C3(O)CCCOC3)nc2)cnc1N)c1cc(Cl)ccc1C(F)(F)F. The van der Waals surface area contributed by atoms with Crippen molar-refractivity contribution in [3.8, 4) is 16.9 Å². The van der Waals surface area contributed by atoms with Gasteiger partial charge in [-0.2, -0.15) is 13.2 Å². The minimum atomic E-state index is -4.57. The van der Waals surface area contributed by atoms with Gasteiger partial charge in [-0.15, -0.1) is 0 Å². The molecule has 3 aromatic rings. The highest BCUT2D eigenvalue weighted by Crippen LogP contribution is 2.38. The quantitative estimate of drug-likeness (QED) is 0.485. The Labute approximate surface area is 199 Å². The Bertz CT molecular complexity index is 1170. The van der Waals surface area contributed by atoms with E-state index in [0.29, 0.717) is 29.8 Å². The molecule has 0 spiro atoms. The van der Waals surface area contributed by atoms with E-state index in [1.165, 1.54) is 25.3 Å². The second-order valence-corrected chi connectivity index (χ2v) is 8.65. The van der Waals surface area contributed by atoms with Crippen LogP contribution < -0.4 is 10.5 Å². The van der Waals surface area contributed by atoms with Crippen LogP contribution >= 0.6 is 11.6 Å². The molecule has 3 heterocycles. The van der Waals surface area contributed by atoms with Crippen molar-refractivity contribution in [3.05, 3.63) is 70.6 Å². The van der Waals surface area contributed by atoms with E-state index in [4.69, 9.17) is 26.8 Å². The van der Waals surface area contributed by atoms with Crippen molar-refractivity contribution in [3.63, 3.8) is 0 Å². The van der Waals surface area contributed by atoms with Crippen molar-refractivity contribution in [2.24, 2.45) is 0 Å². The van der Waals surface area contributed by atoms with Crippen LogP contribution in [0.5, 0.6) is 5.75 Å². The Morgan fingerprint density at radius 3 is 2.56 bits per heavy atom. The summed E-state index contributed by atoms with van der Waals surface area (Å²) in [7, 11) is 0. The fourth-order valence-corrected chi connectivity index (χ4v) is 4.09. The summed E-state index contributed by atoms with van der Waals surface area (Å²) in [5.74, 6) is 0.158. The van der Waals surface area contributed by atoms with Crippen molar-refractivity contribution in [1.82, 2.24) is 9.97 Å². The molecule has 0 radical (unpaired) electrons. The molecule has 10 heteroatoms. The zero-order chi connectivity index (χ0) is 24.5. The average molecular weight is 494 g/mol.